The Hall–Kier alpha value is -1.30. The average molecular weight is 289 g/mol. The number of esters is 1. The predicted octanol–water partition coefficient (Wildman–Crippen LogP) is 2.26. The summed E-state index contributed by atoms with van der Waals surface area (Å²) in [5.41, 5.74) is -1.18. The quantitative estimate of drug-likeness (QED) is 0.493. The third-order valence-corrected chi connectivity index (χ3v) is 2.84. The summed E-state index contributed by atoms with van der Waals surface area (Å²) in [6, 6.07) is 0. The number of carbonyl (C=O) groups excluding carboxylic acids is 2. The standard InChI is InChI=1S/C14H27NO5/c1-5-7-9-19-12(16)14(3,20-10-8-6-2)11-15-13(17)18-4/h5-11H2,1-4H3,(H,15,17)/t14-/m0/s1. The van der Waals surface area contributed by atoms with Gasteiger partial charge in [-0.15, -0.1) is 0 Å². The summed E-state index contributed by atoms with van der Waals surface area (Å²) in [5, 5.41) is 2.48. The zero-order valence-corrected chi connectivity index (χ0v) is 13.0. The average Bonchev–Trinajstić information content (AvgIpc) is 2.45. The van der Waals surface area contributed by atoms with Gasteiger partial charge in [0.05, 0.1) is 20.3 Å². The van der Waals surface area contributed by atoms with Gasteiger partial charge in [-0.05, 0) is 19.8 Å². The first-order chi connectivity index (χ1) is 9.50. The number of amides is 1. The van der Waals surface area contributed by atoms with Crippen LogP contribution in [-0.4, -0.2) is 44.5 Å². The maximum absolute atomic E-state index is 12.1. The molecule has 0 fully saturated rings. The van der Waals surface area contributed by atoms with Gasteiger partial charge in [-0.1, -0.05) is 26.7 Å². The van der Waals surface area contributed by atoms with Gasteiger partial charge in [0, 0.05) is 6.61 Å². The summed E-state index contributed by atoms with van der Waals surface area (Å²) in [6.07, 6.45) is 2.96. The molecule has 6 heteroatoms. The SMILES string of the molecule is CCCCOC(=O)[C@](C)(CNC(=O)OC)OCCCC. The van der Waals surface area contributed by atoms with Crippen molar-refractivity contribution in [3.8, 4) is 0 Å². The molecule has 0 aliphatic heterocycles. The molecular weight excluding hydrogens is 262 g/mol. The number of hydrogen-bond acceptors (Lipinski definition) is 5. The zero-order chi connectivity index (χ0) is 15.4. The second-order valence-corrected chi connectivity index (χ2v) is 4.77. The van der Waals surface area contributed by atoms with Gasteiger partial charge in [0.25, 0.3) is 0 Å². The monoisotopic (exact) mass is 289 g/mol. The van der Waals surface area contributed by atoms with Crippen LogP contribution in [0.25, 0.3) is 0 Å². The molecule has 0 unspecified atom stereocenters. The van der Waals surface area contributed by atoms with Crippen LogP contribution < -0.4 is 5.32 Å². The lowest BCUT2D eigenvalue weighted by atomic mass is 10.1. The lowest BCUT2D eigenvalue weighted by Crippen LogP contribution is -2.50. The summed E-state index contributed by atoms with van der Waals surface area (Å²) < 4.78 is 15.3. The third kappa shape index (κ3) is 7.33. The van der Waals surface area contributed by atoms with Crippen LogP contribution in [0.1, 0.15) is 46.5 Å². The Morgan fingerprint density at radius 3 is 2.25 bits per heavy atom. The van der Waals surface area contributed by atoms with Crippen molar-refractivity contribution >= 4 is 12.1 Å². The lowest BCUT2D eigenvalue weighted by Gasteiger charge is -2.27. The van der Waals surface area contributed by atoms with Gasteiger partial charge in [0.15, 0.2) is 5.60 Å². The highest BCUT2D eigenvalue weighted by molar-refractivity contribution is 5.80. The van der Waals surface area contributed by atoms with Crippen LogP contribution in [0.3, 0.4) is 0 Å². The van der Waals surface area contributed by atoms with Gasteiger partial charge in [0.1, 0.15) is 0 Å². The maximum atomic E-state index is 12.1. The first-order valence-electron chi connectivity index (χ1n) is 7.13. The fourth-order valence-corrected chi connectivity index (χ4v) is 1.40. The first kappa shape index (κ1) is 18.7. The van der Waals surface area contributed by atoms with Crippen molar-refractivity contribution in [2.24, 2.45) is 0 Å². The number of methoxy groups -OCH3 is 1. The molecule has 20 heavy (non-hydrogen) atoms. The molecule has 118 valence electrons. The predicted molar refractivity (Wildman–Crippen MR) is 75.5 cm³/mol. The number of nitrogens with one attached hydrogen (secondary N) is 1. The molecular formula is C14H27NO5. The van der Waals surface area contributed by atoms with Crippen LogP contribution in [-0.2, 0) is 19.0 Å². The number of unbranched alkanes of at least 4 members (excludes halogenated alkanes) is 2. The van der Waals surface area contributed by atoms with E-state index in [0.29, 0.717) is 13.2 Å². The van der Waals surface area contributed by atoms with Gasteiger partial charge < -0.3 is 19.5 Å². The number of hydrogen-bond donors (Lipinski definition) is 1. The van der Waals surface area contributed by atoms with E-state index >= 15 is 0 Å². The summed E-state index contributed by atoms with van der Waals surface area (Å²) >= 11 is 0. The van der Waals surface area contributed by atoms with Gasteiger partial charge in [0.2, 0.25) is 0 Å². The summed E-state index contributed by atoms with van der Waals surface area (Å²) in [4.78, 5) is 23.2. The minimum atomic E-state index is -1.18. The van der Waals surface area contributed by atoms with E-state index in [9.17, 15) is 9.59 Å². The van der Waals surface area contributed by atoms with Crippen LogP contribution in [0.15, 0.2) is 0 Å². The minimum absolute atomic E-state index is 0.0222. The van der Waals surface area contributed by atoms with Crippen molar-refractivity contribution < 1.29 is 23.8 Å². The van der Waals surface area contributed by atoms with E-state index in [0.717, 1.165) is 25.7 Å². The topological polar surface area (TPSA) is 73.9 Å². The highest BCUT2D eigenvalue weighted by atomic mass is 16.6. The molecule has 0 aliphatic carbocycles. The van der Waals surface area contributed by atoms with E-state index in [1.807, 2.05) is 13.8 Å². The molecule has 1 amide bonds. The molecule has 0 saturated heterocycles. The molecule has 0 aliphatic rings. The Kier molecular flexibility index (Phi) is 9.80. The molecule has 0 bridgehead atoms. The van der Waals surface area contributed by atoms with E-state index in [4.69, 9.17) is 9.47 Å². The molecule has 0 spiro atoms. The van der Waals surface area contributed by atoms with Crippen molar-refractivity contribution in [3.63, 3.8) is 0 Å². The maximum Gasteiger partial charge on any atom is 0.406 e. The van der Waals surface area contributed by atoms with E-state index in [-0.39, 0.29) is 6.54 Å². The van der Waals surface area contributed by atoms with Gasteiger partial charge in [-0.25, -0.2) is 9.59 Å². The number of rotatable bonds is 10. The smallest absolute Gasteiger partial charge is 0.406 e. The van der Waals surface area contributed by atoms with E-state index in [1.54, 1.807) is 6.92 Å². The fourth-order valence-electron chi connectivity index (χ4n) is 1.40. The molecule has 0 heterocycles. The van der Waals surface area contributed by atoms with Crippen LogP contribution in [0, 0.1) is 0 Å². The van der Waals surface area contributed by atoms with Crippen molar-refractivity contribution in [2.45, 2.75) is 52.1 Å². The Bertz CT molecular complexity index is 295. The number of alkyl carbamates (subject to hydrolysis) is 1. The van der Waals surface area contributed by atoms with Crippen LogP contribution in [0.5, 0.6) is 0 Å². The largest absolute Gasteiger partial charge is 0.464 e. The molecule has 6 nitrogen and oxygen atoms in total. The molecule has 1 atom stereocenters. The summed E-state index contributed by atoms with van der Waals surface area (Å²) in [5.74, 6) is -0.460. The van der Waals surface area contributed by atoms with Crippen molar-refractivity contribution in [3.05, 3.63) is 0 Å². The molecule has 0 saturated carbocycles. The Labute approximate surface area is 121 Å². The molecule has 0 aromatic heterocycles. The molecule has 0 aromatic rings. The summed E-state index contributed by atoms with van der Waals surface area (Å²) in [7, 11) is 1.27. The van der Waals surface area contributed by atoms with Crippen LogP contribution in [0.2, 0.25) is 0 Å². The van der Waals surface area contributed by atoms with Crippen molar-refractivity contribution in [1.29, 1.82) is 0 Å². The van der Waals surface area contributed by atoms with Crippen molar-refractivity contribution in [1.82, 2.24) is 5.32 Å². The molecule has 0 radical (unpaired) electrons. The third-order valence-electron chi connectivity index (χ3n) is 2.84. The van der Waals surface area contributed by atoms with E-state index in [2.05, 4.69) is 10.1 Å². The highest BCUT2D eigenvalue weighted by Gasteiger charge is 2.36. The van der Waals surface area contributed by atoms with E-state index in [1.165, 1.54) is 7.11 Å². The Morgan fingerprint density at radius 2 is 1.70 bits per heavy atom. The number of carbonyl (C=O) groups is 2. The van der Waals surface area contributed by atoms with Crippen LogP contribution >= 0.6 is 0 Å². The fraction of sp³-hybridized carbons (Fsp3) is 0.857. The second kappa shape index (κ2) is 10.5. The second-order valence-electron chi connectivity index (χ2n) is 4.77. The van der Waals surface area contributed by atoms with Gasteiger partial charge >= 0.3 is 12.1 Å². The molecule has 1 N–H and O–H groups in total. The Morgan fingerprint density at radius 1 is 1.10 bits per heavy atom. The molecule has 0 rings (SSSR count). The number of ether oxygens (including phenoxy) is 3. The van der Waals surface area contributed by atoms with Gasteiger partial charge in [-0.2, -0.15) is 0 Å². The zero-order valence-electron chi connectivity index (χ0n) is 13.0. The minimum Gasteiger partial charge on any atom is -0.464 e. The van der Waals surface area contributed by atoms with Gasteiger partial charge in [-0.3, -0.25) is 0 Å². The summed E-state index contributed by atoms with van der Waals surface area (Å²) in [6.45, 7) is 6.50. The lowest BCUT2D eigenvalue weighted by molar-refractivity contribution is -0.170. The van der Waals surface area contributed by atoms with Crippen LogP contribution in [0.4, 0.5) is 4.79 Å². The van der Waals surface area contributed by atoms with Crippen molar-refractivity contribution in [2.75, 3.05) is 26.9 Å². The highest BCUT2D eigenvalue weighted by Crippen LogP contribution is 2.14. The first-order valence-corrected chi connectivity index (χ1v) is 7.13. The molecule has 0 aromatic carbocycles. The normalized spacial score (nSPS) is 13.4. The van der Waals surface area contributed by atoms with E-state index < -0.39 is 17.7 Å². The Balaban J connectivity index is 4.49.